The molecule has 0 heterocycles. The Morgan fingerprint density at radius 1 is 0.830 bits per heavy atom. The van der Waals surface area contributed by atoms with Crippen LogP contribution in [0.4, 0.5) is 5.69 Å². The van der Waals surface area contributed by atoms with E-state index in [2.05, 4.69) is 5.32 Å². The number of sulfonamides is 1. The maximum atomic E-state index is 14.7. The van der Waals surface area contributed by atoms with Crippen LogP contribution in [0.3, 0.4) is 0 Å². The second-order valence-electron chi connectivity index (χ2n) is 11.5. The van der Waals surface area contributed by atoms with Gasteiger partial charge in [0.15, 0.2) is 0 Å². The molecule has 0 spiro atoms. The number of hydrogen-bond donors (Lipinski definition) is 1. The third kappa shape index (κ3) is 9.08. The van der Waals surface area contributed by atoms with Crippen LogP contribution in [0.1, 0.15) is 42.5 Å². The van der Waals surface area contributed by atoms with Crippen LogP contribution < -0.4 is 9.62 Å². The van der Waals surface area contributed by atoms with E-state index < -0.39 is 28.5 Å². The molecule has 1 N–H and O–H groups in total. The van der Waals surface area contributed by atoms with Gasteiger partial charge in [-0.1, -0.05) is 84.2 Å². The second kappa shape index (κ2) is 16.0. The Bertz CT molecular complexity index is 1800. The maximum absolute atomic E-state index is 14.7. The summed E-state index contributed by atoms with van der Waals surface area (Å²) in [4.78, 5) is 30.0. The summed E-state index contributed by atoms with van der Waals surface area (Å²) >= 11 is 19.3. The highest BCUT2D eigenvalue weighted by Gasteiger charge is 2.35. The minimum absolute atomic E-state index is 0.0380. The smallest absolute Gasteiger partial charge is 0.264 e. The van der Waals surface area contributed by atoms with Gasteiger partial charge in [-0.25, -0.2) is 8.42 Å². The zero-order valence-corrected chi connectivity index (χ0v) is 29.8. The van der Waals surface area contributed by atoms with Crippen molar-refractivity contribution in [2.45, 2.75) is 64.1 Å². The lowest BCUT2D eigenvalue weighted by atomic mass is 10.0. The lowest BCUT2D eigenvalue weighted by Gasteiger charge is -2.34. The molecule has 0 saturated heterocycles. The first-order valence-corrected chi connectivity index (χ1v) is 17.8. The summed E-state index contributed by atoms with van der Waals surface area (Å²) < 4.78 is 29.5. The van der Waals surface area contributed by atoms with Crippen molar-refractivity contribution in [1.29, 1.82) is 0 Å². The number of carbonyl (C=O) groups excluding carboxylic acids is 2. The molecule has 248 valence electrons. The van der Waals surface area contributed by atoms with E-state index in [1.165, 1.54) is 29.2 Å². The molecule has 0 radical (unpaired) electrons. The molecule has 0 bridgehead atoms. The van der Waals surface area contributed by atoms with Gasteiger partial charge in [0, 0.05) is 39.6 Å². The highest BCUT2D eigenvalue weighted by molar-refractivity contribution is 7.92. The SMILES string of the molecule is CCC(C)NC(=O)C(Cc1ccccc1)N(Cc1c(Cl)cccc1Cl)C(=O)CN(c1ccc(C)c(C)c1)S(=O)(=O)c1ccc(Cl)cc1. The lowest BCUT2D eigenvalue weighted by molar-refractivity contribution is -0.140. The molecule has 0 saturated carbocycles. The van der Waals surface area contributed by atoms with Crippen molar-refractivity contribution in [2.24, 2.45) is 0 Å². The van der Waals surface area contributed by atoms with E-state index in [0.717, 1.165) is 21.0 Å². The van der Waals surface area contributed by atoms with Gasteiger partial charge in [0.05, 0.1) is 10.6 Å². The van der Waals surface area contributed by atoms with Crippen molar-refractivity contribution in [3.63, 3.8) is 0 Å². The summed E-state index contributed by atoms with van der Waals surface area (Å²) in [5.41, 5.74) is 3.37. The van der Waals surface area contributed by atoms with Gasteiger partial charge in [-0.05, 0) is 92.4 Å². The summed E-state index contributed by atoms with van der Waals surface area (Å²) in [5.74, 6) is -0.991. The van der Waals surface area contributed by atoms with Gasteiger partial charge >= 0.3 is 0 Å². The van der Waals surface area contributed by atoms with E-state index in [1.807, 2.05) is 58.0 Å². The third-order valence-electron chi connectivity index (χ3n) is 8.12. The number of carbonyl (C=O) groups is 2. The summed E-state index contributed by atoms with van der Waals surface area (Å²) in [6, 6.07) is 24.1. The summed E-state index contributed by atoms with van der Waals surface area (Å²) in [6.07, 6.45) is 0.846. The third-order valence-corrected chi connectivity index (χ3v) is 10.9. The fourth-order valence-electron chi connectivity index (χ4n) is 4.99. The molecular weight excluding hydrogens is 677 g/mol. The number of benzene rings is 4. The van der Waals surface area contributed by atoms with Crippen molar-refractivity contribution in [3.05, 3.63) is 128 Å². The number of nitrogens with zero attached hydrogens (tertiary/aromatic N) is 2. The number of nitrogens with one attached hydrogen (secondary N) is 1. The van der Waals surface area contributed by atoms with Crippen LogP contribution >= 0.6 is 34.8 Å². The van der Waals surface area contributed by atoms with Crippen molar-refractivity contribution >= 4 is 62.3 Å². The molecule has 11 heteroatoms. The Balaban J connectivity index is 1.86. The molecule has 2 atom stereocenters. The molecule has 4 rings (SSSR count). The summed E-state index contributed by atoms with van der Waals surface area (Å²) in [5, 5.41) is 4.02. The number of hydrogen-bond acceptors (Lipinski definition) is 4. The summed E-state index contributed by atoms with van der Waals surface area (Å²) in [7, 11) is -4.27. The molecule has 4 aromatic rings. The van der Waals surface area contributed by atoms with Gasteiger partial charge in [-0.15, -0.1) is 0 Å². The van der Waals surface area contributed by atoms with Crippen molar-refractivity contribution in [2.75, 3.05) is 10.8 Å². The Morgan fingerprint density at radius 2 is 1.47 bits per heavy atom. The number of aryl methyl sites for hydroxylation is 2. The van der Waals surface area contributed by atoms with E-state index in [-0.39, 0.29) is 29.8 Å². The van der Waals surface area contributed by atoms with Crippen LogP contribution in [0.15, 0.2) is 95.9 Å². The average molecular weight is 715 g/mol. The van der Waals surface area contributed by atoms with E-state index in [4.69, 9.17) is 34.8 Å². The second-order valence-corrected chi connectivity index (χ2v) is 14.6. The van der Waals surface area contributed by atoms with Gasteiger partial charge in [0.25, 0.3) is 10.0 Å². The van der Waals surface area contributed by atoms with Crippen LogP contribution in [0.5, 0.6) is 0 Å². The fourth-order valence-corrected chi connectivity index (χ4v) is 7.04. The van der Waals surface area contributed by atoms with Crippen LogP contribution in [-0.2, 0) is 32.6 Å². The standard InChI is InChI=1S/C36H38Cl3N3O4S/c1-5-26(4)40-36(44)34(21-27-10-7-6-8-11-27)41(22-31-32(38)12-9-13-33(31)39)35(43)23-42(29-17-14-24(2)25(3)20-29)47(45,46)30-18-15-28(37)16-19-30/h6-20,26,34H,5,21-23H2,1-4H3,(H,40,44). The molecule has 0 aliphatic carbocycles. The van der Waals surface area contributed by atoms with Crippen LogP contribution in [0.2, 0.25) is 15.1 Å². The molecule has 4 aromatic carbocycles. The first kappa shape index (κ1) is 36.3. The molecule has 0 aliphatic rings. The van der Waals surface area contributed by atoms with Gasteiger partial charge in [0.2, 0.25) is 11.8 Å². The Kier molecular flexibility index (Phi) is 12.4. The molecule has 0 fully saturated rings. The monoisotopic (exact) mass is 713 g/mol. The molecule has 0 aromatic heterocycles. The molecule has 47 heavy (non-hydrogen) atoms. The quantitative estimate of drug-likeness (QED) is 0.152. The predicted molar refractivity (Wildman–Crippen MR) is 191 cm³/mol. The molecule has 2 unspecified atom stereocenters. The van der Waals surface area contributed by atoms with Gasteiger partial charge < -0.3 is 10.2 Å². The highest BCUT2D eigenvalue weighted by Crippen LogP contribution is 2.30. The first-order chi connectivity index (χ1) is 22.3. The van der Waals surface area contributed by atoms with Gasteiger partial charge in [0.1, 0.15) is 12.6 Å². The van der Waals surface area contributed by atoms with E-state index in [0.29, 0.717) is 32.7 Å². The first-order valence-electron chi connectivity index (χ1n) is 15.2. The van der Waals surface area contributed by atoms with E-state index in [9.17, 15) is 18.0 Å². The van der Waals surface area contributed by atoms with Crippen molar-refractivity contribution in [1.82, 2.24) is 10.2 Å². The Labute approximate surface area is 292 Å². The largest absolute Gasteiger partial charge is 0.352 e. The summed E-state index contributed by atoms with van der Waals surface area (Å²) in [6.45, 7) is 6.89. The molecule has 2 amide bonds. The number of amides is 2. The average Bonchev–Trinajstić information content (AvgIpc) is 3.04. The van der Waals surface area contributed by atoms with Crippen LogP contribution in [0.25, 0.3) is 0 Å². The highest BCUT2D eigenvalue weighted by atomic mass is 35.5. The van der Waals surface area contributed by atoms with Gasteiger partial charge in [-0.2, -0.15) is 0 Å². The minimum atomic E-state index is -4.27. The Morgan fingerprint density at radius 3 is 2.06 bits per heavy atom. The lowest BCUT2D eigenvalue weighted by Crippen LogP contribution is -2.54. The Hall–Kier alpha value is -3.56. The van der Waals surface area contributed by atoms with Crippen molar-refractivity contribution in [3.8, 4) is 0 Å². The maximum Gasteiger partial charge on any atom is 0.264 e. The van der Waals surface area contributed by atoms with Crippen LogP contribution in [-0.4, -0.2) is 43.8 Å². The van der Waals surface area contributed by atoms with E-state index in [1.54, 1.807) is 36.4 Å². The van der Waals surface area contributed by atoms with Gasteiger partial charge in [-0.3, -0.25) is 13.9 Å². The van der Waals surface area contributed by atoms with Crippen LogP contribution in [0, 0.1) is 13.8 Å². The zero-order chi connectivity index (χ0) is 34.3. The number of anilines is 1. The fraction of sp³-hybridized carbons (Fsp3) is 0.278. The predicted octanol–water partition coefficient (Wildman–Crippen LogP) is 8.01. The minimum Gasteiger partial charge on any atom is -0.352 e. The zero-order valence-electron chi connectivity index (χ0n) is 26.7. The normalized spacial score (nSPS) is 12.7. The molecule has 7 nitrogen and oxygen atoms in total. The number of rotatable bonds is 13. The molecular formula is C36H38Cl3N3O4S. The topological polar surface area (TPSA) is 86.8 Å². The number of halogens is 3. The van der Waals surface area contributed by atoms with Crippen molar-refractivity contribution < 1.29 is 18.0 Å². The molecule has 0 aliphatic heterocycles. The van der Waals surface area contributed by atoms with E-state index >= 15 is 0 Å².